The summed E-state index contributed by atoms with van der Waals surface area (Å²) in [5.41, 5.74) is 1.46. The van der Waals surface area contributed by atoms with Gasteiger partial charge in [0.1, 0.15) is 5.75 Å². The normalized spacial score (nSPS) is 29.0. The Morgan fingerprint density at radius 3 is 2.66 bits per heavy atom. The number of carbonyl (C=O) groups excluding carboxylic acids is 1. The van der Waals surface area contributed by atoms with E-state index >= 15 is 0 Å². The fraction of sp³-hybridized carbons (Fsp3) is 0.433. The lowest BCUT2D eigenvalue weighted by Crippen LogP contribution is -2.61. The number of phenols is 1. The summed E-state index contributed by atoms with van der Waals surface area (Å²) < 4.78 is 0. The van der Waals surface area contributed by atoms with Crippen molar-refractivity contribution >= 4 is 16.7 Å². The minimum Gasteiger partial charge on any atom is -0.508 e. The van der Waals surface area contributed by atoms with Crippen LogP contribution in [0.2, 0.25) is 0 Å². The molecular formula is C30H34N2O3. The standard InChI is InChI=1S/C30H34N2O3/c33-26-7-3-6-24(15-26)30-12-13-32(18-20-8-9-20)19-27(30)28(34)16-25(17-30)31-29(35)23-11-10-21-4-1-2-5-22(21)14-23/h1-7,10-11,14-15,20,25,27-28,33-34H,8-9,12-13,16-19H2,(H,31,35)/t25-,27-,28?,30-/m0/s1. The molecule has 3 N–H and O–H groups in total. The monoisotopic (exact) mass is 470 g/mol. The number of benzene rings is 3. The largest absolute Gasteiger partial charge is 0.508 e. The molecule has 3 aromatic carbocycles. The van der Waals surface area contributed by atoms with Gasteiger partial charge in [-0.05, 0) is 85.2 Å². The summed E-state index contributed by atoms with van der Waals surface area (Å²) >= 11 is 0. The quantitative estimate of drug-likeness (QED) is 0.515. The molecule has 182 valence electrons. The van der Waals surface area contributed by atoms with Gasteiger partial charge in [-0.3, -0.25) is 4.79 Å². The van der Waals surface area contributed by atoms with Gasteiger partial charge in [-0.2, -0.15) is 0 Å². The van der Waals surface area contributed by atoms with E-state index in [0.29, 0.717) is 12.0 Å². The summed E-state index contributed by atoms with van der Waals surface area (Å²) in [6, 6.07) is 21.3. The van der Waals surface area contributed by atoms with Crippen molar-refractivity contribution in [2.45, 2.75) is 49.7 Å². The molecule has 2 saturated carbocycles. The molecule has 1 amide bonds. The van der Waals surface area contributed by atoms with Gasteiger partial charge in [0.05, 0.1) is 6.10 Å². The lowest BCUT2D eigenvalue weighted by Gasteiger charge is -2.55. The van der Waals surface area contributed by atoms with Crippen LogP contribution >= 0.6 is 0 Å². The number of aliphatic hydroxyl groups excluding tert-OH is 1. The molecule has 4 atom stereocenters. The van der Waals surface area contributed by atoms with Crippen molar-refractivity contribution in [3.05, 3.63) is 77.9 Å². The number of aliphatic hydroxyl groups is 1. The molecule has 0 bridgehead atoms. The van der Waals surface area contributed by atoms with E-state index in [1.807, 2.05) is 54.6 Å². The molecule has 1 saturated heterocycles. The zero-order valence-corrected chi connectivity index (χ0v) is 20.1. The first-order valence-corrected chi connectivity index (χ1v) is 13.0. The summed E-state index contributed by atoms with van der Waals surface area (Å²) in [5, 5.41) is 27.1. The number of amides is 1. The molecular weight excluding hydrogens is 436 g/mol. The topological polar surface area (TPSA) is 72.8 Å². The first-order valence-electron chi connectivity index (χ1n) is 13.0. The van der Waals surface area contributed by atoms with Gasteiger partial charge in [-0.1, -0.05) is 42.5 Å². The summed E-state index contributed by atoms with van der Waals surface area (Å²) in [6.07, 6.45) is 4.40. The van der Waals surface area contributed by atoms with Crippen LogP contribution < -0.4 is 5.32 Å². The number of hydrogen-bond donors (Lipinski definition) is 3. The molecule has 3 fully saturated rings. The third-order valence-corrected chi connectivity index (χ3v) is 8.62. The number of nitrogens with zero attached hydrogens (tertiary/aromatic N) is 1. The summed E-state index contributed by atoms with van der Waals surface area (Å²) in [7, 11) is 0. The Morgan fingerprint density at radius 2 is 1.86 bits per heavy atom. The summed E-state index contributed by atoms with van der Waals surface area (Å²) in [4.78, 5) is 15.8. The Balaban J connectivity index is 1.26. The second-order valence-electron chi connectivity index (χ2n) is 11.0. The van der Waals surface area contributed by atoms with Crippen LogP contribution in [0.15, 0.2) is 66.7 Å². The molecule has 6 rings (SSSR count). The molecule has 2 aliphatic carbocycles. The number of hydrogen-bond acceptors (Lipinski definition) is 4. The van der Waals surface area contributed by atoms with Crippen molar-refractivity contribution in [1.29, 1.82) is 0 Å². The first kappa shape index (κ1) is 22.6. The molecule has 35 heavy (non-hydrogen) atoms. The van der Waals surface area contributed by atoms with Crippen molar-refractivity contribution in [3.8, 4) is 5.75 Å². The van der Waals surface area contributed by atoms with Crippen LogP contribution in [-0.2, 0) is 5.41 Å². The number of rotatable bonds is 5. The molecule has 3 aromatic rings. The zero-order chi connectivity index (χ0) is 24.0. The van der Waals surface area contributed by atoms with Gasteiger partial charge in [-0.15, -0.1) is 0 Å². The van der Waals surface area contributed by atoms with Crippen LogP contribution in [0.3, 0.4) is 0 Å². The van der Waals surface area contributed by atoms with Gasteiger partial charge in [0.25, 0.3) is 5.91 Å². The van der Waals surface area contributed by atoms with E-state index in [9.17, 15) is 15.0 Å². The van der Waals surface area contributed by atoms with E-state index in [2.05, 4.69) is 16.3 Å². The lowest BCUT2D eigenvalue weighted by molar-refractivity contribution is -0.0482. The molecule has 0 spiro atoms. The third-order valence-electron chi connectivity index (χ3n) is 8.62. The minimum absolute atomic E-state index is 0.0885. The molecule has 1 heterocycles. The van der Waals surface area contributed by atoms with E-state index in [1.165, 1.54) is 12.8 Å². The van der Waals surface area contributed by atoms with Crippen LogP contribution in [0.25, 0.3) is 10.8 Å². The molecule has 1 aliphatic heterocycles. The molecule has 1 unspecified atom stereocenters. The van der Waals surface area contributed by atoms with E-state index in [4.69, 9.17) is 0 Å². The number of phenolic OH excluding ortho intramolecular Hbond substituents is 1. The predicted octanol–water partition coefficient (Wildman–Crippen LogP) is 4.47. The third kappa shape index (κ3) is 4.43. The van der Waals surface area contributed by atoms with Crippen molar-refractivity contribution in [2.75, 3.05) is 19.6 Å². The predicted molar refractivity (Wildman–Crippen MR) is 137 cm³/mol. The molecule has 5 heteroatoms. The molecule has 5 nitrogen and oxygen atoms in total. The Hall–Kier alpha value is -2.89. The van der Waals surface area contributed by atoms with E-state index < -0.39 is 6.10 Å². The lowest BCUT2D eigenvalue weighted by atomic mass is 9.57. The Bertz CT molecular complexity index is 1240. The van der Waals surface area contributed by atoms with Crippen LogP contribution in [-0.4, -0.2) is 52.8 Å². The second-order valence-corrected chi connectivity index (χ2v) is 11.0. The van der Waals surface area contributed by atoms with Gasteiger partial charge in [0.15, 0.2) is 0 Å². The van der Waals surface area contributed by atoms with Crippen LogP contribution in [0.5, 0.6) is 5.75 Å². The van der Waals surface area contributed by atoms with E-state index in [1.54, 1.807) is 6.07 Å². The Labute approximate surface area is 206 Å². The van der Waals surface area contributed by atoms with Crippen LogP contribution in [0, 0.1) is 11.8 Å². The Kier molecular flexibility index (Phi) is 5.78. The average Bonchev–Trinajstić information content (AvgIpc) is 3.68. The number of carbonyl (C=O) groups is 1. The first-order chi connectivity index (χ1) is 17.0. The molecule has 0 aromatic heterocycles. The zero-order valence-electron chi connectivity index (χ0n) is 20.1. The van der Waals surface area contributed by atoms with Crippen molar-refractivity contribution in [1.82, 2.24) is 10.2 Å². The van der Waals surface area contributed by atoms with E-state index in [0.717, 1.165) is 54.7 Å². The van der Waals surface area contributed by atoms with Gasteiger partial charge in [0.2, 0.25) is 0 Å². The maximum absolute atomic E-state index is 13.3. The summed E-state index contributed by atoms with van der Waals surface area (Å²) in [5.74, 6) is 1.07. The smallest absolute Gasteiger partial charge is 0.251 e. The maximum Gasteiger partial charge on any atom is 0.251 e. The fourth-order valence-corrected chi connectivity index (χ4v) is 6.64. The highest BCUT2D eigenvalue weighted by Crippen LogP contribution is 2.50. The average molecular weight is 471 g/mol. The number of fused-ring (bicyclic) bond motifs is 2. The Morgan fingerprint density at radius 1 is 1.03 bits per heavy atom. The highest BCUT2D eigenvalue weighted by atomic mass is 16.3. The van der Waals surface area contributed by atoms with E-state index in [-0.39, 0.29) is 29.0 Å². The SMILES string of the molecule is O=C(N[C@H]1CC(O)[C@@H]2CN(CC3CC3)CC[C@@]2(c2cccc(O)c2)C1)c1ccc2ccccc2c1. The molecule has 0 radical (unpaired) electrons. The molecule has 3 aliphatic rings. The minimum atomic E-state index is -0.505. The van der Waals surface area contributed by atoms with Gasteiger partial charge < -0.3 is 20.4 Å². The summed E-state index contributed by atoms with van der Waals surface area (Å²) in [6.45, 7) is 2.99. The van der Waals surface area contributed by atoms with Gasteiger partial charge >= 0.3 is 0 Å². The second kappa shape index (κ2) is 8.96. The van der Waals surface area contributed by atoms with Crippen molar-refractivity contribution in [2.24, 2.45) is 11.8 Å². The van der Waals surface area contributed by atoms with Crippen molar-refractivity contribution < 1.29 is 15.0 Å². The highest BCUT2D eigenvalue weighted by molar-refractivity contribution is 5.98. The van der Waals surface area contributed by atoms with Gasteiger partial charge in [-0.25, -0.2) is 0 Å². The number of likely N-dealkylation sites (tertiary alicyclic amines) is 1. The van der Waals surface area contributed by atoms with Gasteiger partial charge in [0, 0.05) is 36.0 Å². The van der Waals surface area contributed by atoms with Crippen LogP contribution in [0.4, 0.5) is 0 Å². The number of nitrogens with one attached hydrogen (secondary N) is 1. The number of aromatic hydroxyl groups is 1. The number of piperidine rings is 1. The fourth-order valence-electron chi connectivity index (χ4n) is 6.64. The highest BCUT2D eigenvalue weighted by Gasteiger charge is 2.52. The maximum atomic E-state index is 13.3. The van der Waals surface area contributed by atoms with Crippen LogP contribution in [0.1, 0.15) is 48.0 Å². The van der Waals surface area contributed by atoms with Crippen molar-refractivity contribution in [3.63, 3.8) is 0 Å².